The van der Waals surface area contributed by atoms with Crippen molar-refractivity contribution >= 4 is 0 Å². The second-order valence-corrected chi connectivity index (χ2v) is 4.91. The molecule has 0 atom stereocenters. The van der Waals surface area contributed by atoms with E-state index in [2.05, 4.69) is 15.1 Å². The zero-order valence-electron chi connectivity index (χ0n) is 10.3. The van der Waals surface area contributed by atoms with Crippen molar-refractivity contribution in [2.75, 3.05) is 0 Å². The molecule has 0 spiro atoms. The molecule has 0 aromatic carbocycles. The zero-order valence-corrected chi connectivity index (χ0v) is 10.3. The molecule has 2 aromatic heterocycles. The molecule has 6 heteroatoms. The highest BCUT2D eigenvalue weighted by atomic mass is 16.5. The molecular formula is C12H16N4O2. The van der Waals surface area contributed by atoms with Crippen molar-refractivity contribution in [3.05, 3.63) is 17.9 Å². The predicted octanol–water partition coefficient (Wildman–Crippen LogP) is 2.15. The number of hydrogen-bond donors (Lipinski definition) is 1. The number of nitrogens with two attached hydrogens (primary N) is 1. The summed E-state index contributed by atoms with van der Waals surface area (Å²) < 4.78 is 10.5. The van der Waals surface area contributed by atoms with E-state index in [1.807, 2.05) is 6.92 Å². The van der Waals surface area contributed by atoms with E-state index in [0.717, 1.165) is 31.4 Å². The van der Waals surface area contributed by atoms with Gasteiger partial charge in [0.15, 0.2) is 12.2 Å². The Balaban J connectivity index is 1.92. The molecule has 1 fully saturated rings. The minimum atomic E-state index is -0.450. The Labute approximate surface area is 105 Å². The van der Waals surface area contributed by atoms with Gasteiger partial charge in [-0.2, -0.15) is 4.98 Å². The molecule has 18 heavy (non-hydrogen) atoms. The summed E-state index contributed by atoms with van der Waals surface area (Å²) >= 11 is 0. The van der Waals surface area contributed by atoms with Crippen molar-refractivity contribution in [1.82, 2.24) is 15.1 Å². The first-order chi connectivity index (χ1) is 8.69. The zero-order chi connectivity index (χ0) is 12.6. The highest BCUT2D eigenvalue weighted by Gasteiger charge is 2.34. The Bertz CT molecular complexity index is 540. The SMILES string of the molecule is Cc1ncoc1-c1nc(C2(N)CCCCC2)no1. The topological polar surface area (TPSA) is 91.0 Å². The van der Waals surface area contributed by atoms with Crippen LogP contribution in [0.15, 0.2) is 15.3 Å². The largest absolute Gasteiger partial charge is 0.438 e. The van der Waals surface area contributed by atoms with E-state index < -0.39 is 5.54 Å². The predicted molar refractivity (Wildman–Crippen MR) is 63.5 cm³/mol. The van der Waals surface area contributed by atoms with Crippen molar-refractivity contribution in [1.29, 1.82) is 0 Å². The average Bonchev–Trinajstić information content (AvgIpc) is 2.98. The molecular weight excluding hydrogens is 232 g/mol. The van der Waals surface area contributed by atoms with Crippen LogP contribution in [0.3, 0.4) is 0 Å². The lowest BCUT2D eigenvalue weighted by Crippen LogP contribution is -2.39. The third-order valence-corrected chi connectivity index (χ3v) is 3.56. The van der Waals surface area contributed by atoms with Crippen molar-refractivity contribution in [3.63, 3.8) is 0 Å². The first kappa shape index (κ1) is 11.4. The maximum Gasteiger partial charge on any atom is 0.295 e. The average molecular weight is 248 g/mol. The molecule has 2 aromatic rings. The van der Waals surface area contributed by atoms with Crippen LogP contribution in [0, 0.1) is 6.92 Å². The Kier molecular flexibility index (Phi) is 2.66. The summed E-state index contributed by atoms with van der Waals surface area (Å²) in [6.07, 6.45) is 6.63. The van der Waals surface area contributed by atoms with Gasteiger partial charge in [-0.05, 0) is 19.8 Å². The molecule has 3 rings (SSSR count). The first-order valence-corrected chi connectivity index (χ1v) is 6.22. The summed E-state index contributed by atoms with van der Waals surface area (Å²) in [4.78, 5) is 8.38. The van der Waals surface area contributed by atoms with Gasteiger partial charge in [0.25, 0.3) is 5.89 Å². The van der Waals surface area contributed by atoms with E-state index in [1.54, 1.807) is 0 Å². The van der Waals surface area contributed by atoms with E-state index in [-0.39, 0.29) is 0 Å². The second-order valence-electron chi connectivity index (χ2n) is 4.91. The minimum Gasteiger partial charge on any atom is -0.438 e. The van der Waals surface area contributed by atoms with E-state index in [1.165, 1.54) is 12.8 Å². The number of oxazole rings is 1. The van der Waals surface area contributed by atoms with Gasteiger partial charge in [-0.3, -0.25) is 0 Å². The molecule has 2 N–H and O–H groups in total. The maximum atomic E-state index is 6.35. The number of nitrogens with zero attached hydrogens (tertiary/aromatic N) is 3. The lowest BCUT2D eigenvalue weighted by atomic mass is 9.82. The summed E-state index contributed by atoms with van der Waals surface area (Å²) in [7, 11) is 0. The van der Waals surface area contributed by atoms with E-state index in [9.17, 15) is 0 Å². The molecule has 1 aliphatic rings. The number of aryl methyl sites for hydroxylation is 1. The lowest BCUT2D eigenvalue weighted by molar-refractivity contribution is 0.275. The summed E-state index contributed by atoms with van der Waals surface area (Å²) in [6, 6.07) is 0. The molecule has 0 aliphatic heterocycles. The van der Waals surface area contributed by atoms with Crippen LogP contribution in [-0.4, -0.2) is 15.1 Å². The minimum absolute atomic E-state index is 0.357. The summed E-state index contributed by atoms with van der Waals surface area (Å²) in [6.45, 7) is 1.83. The van der Waals surface area contributed by atoms with Crippen LogP contribution >= 0.6 is 0 Å². The van der Waals surface area contributed by atoms with Gasteiger partial charge >= 0.3 is 0 Å². The monoisotopic (exact) mass is 248 g/mol. The van der Waals surface area contributed by atoms with Gasteiger partial charge in [0, 0.05) is 0 Å². The van der Waals surface area contributed by atoms with Crippen LogP contribution in [0.1, 0.15) is 43.6 Å². The van der Waals surface area contributed by atoms with Gasteiger partial charge in [0.1, 0.15) is 0 Å². The number of aromatic nitrogens is 3. The van der Waals surface area contributed by atoms with Crippen LogP contribution in [0.2, 0.25) is 0 Å². The number of rotatable bonds is 2. The normalized spacial score (nSPS) is 19.0. The molecule has 1 saturated carbocycles. The third kappa shape index (κ3) is 1.82. The second kappa shape index (κ2) is 4.20. The molecule has 0 unspecified atom stereocenters. The van der Waals surface area contributed by atoms with Crippen molar-refractivity contribution in [2.24, 2.45) is 5.73 Å². The van der Waals surface area contributed by atoms with Gasteiger partial charge < -0.3 is 14.7 Å². The fraction of sp³-hybridized carbons (Fsp3) is 0.583. The van der Waals surface area contributed by atoms with Gasteiger partial charge in [0.2, 0.25) is 5.76 Å². The van der Waals surface area contributed by atoms with E-state index >= 15 is 0 Å². The van der Waals surface area contributed by atoms with E-state index in [4.69, 9.17) is 14.7 Å². The smallest absolute Gasteiger partial charge is 0.295 e. The molecule has 0 amide bonds. The van der Waals surface area contributed by atoms with Crippen molar-refractivity contribution < 1.29 is 8.94 Å². The van der Waals surface area contributed by atoms with Gasteiger partial charge in [-0.25, -0.2) is 4.98 Å². The van der Waals surface area contributed by atoms with Crippen molar-refractivity contribution in [2.45, 2.75) is 44.6 Å². The van der Waals surface area contributed by atoms with E-state index in [0.29, 0.717) is 17.5 Å². The highest BCUT2D eigenvalue weighted by molar-refractivity contribution is 5.46. The van der Waals surface area contributed by atoms with Crippen LogP contribution in [-0.2, 0) is 5.54 Å². The summed E-state index contributed by atoms with van der Waals surface area (Å²) in [5.74, 6) is 1.46. The summed E-state index contributed by atoms with van der Waals surface area (Å²) in [5, 5.41) is 4.01. The van der Waals surface area contributed by atoms with Crippen LogP contribution in [0.4, 0.5) is 0 Å². The highest BCUT2D eigenvalue weighted by Crippen LogP contribution is 2.34. The molecule has 0 saturated heterocycles. The molecule has 6 nitrogen and oxygen atoms in total. The molecule has 96 valence electrons. The van der Waals surface area contributed by atoms with Gasteiger partial charge in [-0.1, -0.05) is 24.4 Å². The quantitative estimate of drug-likeness (QED) is 0.875. The van der Waals surface area contributed by atoms with Gasteiger partial charge in [0.05, 0.1) is 11.2 Å². The van der Waals surface area contributed by atoms with Gasteiger partial charge in [-0.15, -0.1) is 0 Å². The molecule has 2 heterocycles. The molecule has 0 radical (unpaired) electrons. The molecule has 1 aliphatic carbocycles. The third-order valence-electron chi connectivity index (χ3n) is 3.56. The number of hydrogen-bond acceptors (Lipinski definition) is 6. The fourth-order valence-electron chi connectivity index (χ4n) is 2.43. The summed E-state index contributed by atoms with van der Waals surface area (Å²) in [5.41, 5.74) is 6.64. The molecule has 0 bridgehead atoms. The maximum absolute atomic E-state index is 6.35. The van der Waals surface area contributed by atoms with Crippen LogP contribution in [0.5, 0.6) is 0 Å². The fourth-order valence-corrected chi connectivity index (χ4v) is 2.43. The van der Waals surface area contributed by atoms with Crippen molar-refractivity contribution in [3.8, 4) is 11.7 Å². The Hall–Kier alpha value is -1.69. The van der Waals surface area contributed by atoms with Crippen LogP contribution in [0.25, 0.3) is 11.7 Å². The first-order valence-electron chi connectivity index (χ1n) is 6.22. The standard InChI is InChI=1S/C12H16N4O2/c1-8-9(17-7-14-8)10-15-11(16-18-10)12(13)5-3-2-4-6-12/h7H,2-6,13H2,1H3. The Morgan fingerprint density at radius 3 is 2.72 bits per heavy atom. The Morgan fingerprint density at radius 1 is 1.28 bits per heavy atom. The lowest BCUT2D eigenvalue weighted by Gasteiger charge is -2.29. The van der Waals surface area contributed by atoms with Crippen LogP contribution < -0.4 is 5.73 Å². The Morgan fingerprint density at radius 2 is 2.06 bits per heavy atom.